The molecule has 1 N–H and O–H groups in total. The van der Waals surface area contributed by atoms with Crippen LogP contribution in [0, 0.1) is 6.92 Å². The number of thiazole rings is 1. The highest BCUT2D eigenvalue weighted by molar-refractivity contribution is 7.92. The number of fused-ring (bicyclic) bond motifs is 1. The Morgan fingerprint density at radius 3 is 2.75 bits per heavy atom. The molecule has 0 spiro atoms. The second-order valence-corrected chi connectivity index (χ2v) is 9.43. The van der Waals surface area contributed by atoms with Crippen molar-refractivity contribution in [3.8, 4) is 0 Å². The van der Waals surface area contributed by atoms with E-state index >= 15 is 0 Å². The number of benzene rings is 2. The van der Waals surface area contributed by atoms with Crippen molar-refractivity contribution in [1.82, 2.24) is 4.98 Å². The van der Waals surface area contributed by atoms with E-state index in [1.165, 1.54) is 27.8 Å². The molecule has 0 saturated heterocycles. The Labute approximate surface area is 167 Å². The largest absolute Gasteiger partial charge is 0.298 e. The second-order valence-electron chi connectivity index (χ2n) is 6.76. The molecule has 1 amide bonds. The molecule has 1 aliphatic rings. The molecule has 0 saturated carbocycles. The number of para-hydroxylation sites is 1. The molecule has 8 heteroatoms. The van der Waals surface area contributed by atoms with Crippen LogP contribution in [0.1, 0.15) is 28.5 Å². The molecule has 2 heterocycles. The Kier molecular flexibility index (Phi) is 4.68. The van der Waals surface area contributed by atoms with Gasteiger partial charge in [-0.1, -0.05) is 24.3 Å². The van der Waals surface area contributed by atoms with Crippen molar-refractivity contribution in [2.24, 2.45) is 0 Å². The summed E-state index contributed by atoms with van der Waals surface area (Å²) in [6.07, 6.45) is 0.666. The van der Waals surface area contributed by atoms with Gasteiger partial charge in [0.15, 0.2) is 5.13 Å². The molecule has 0 aliphatic carbocycles. The van der Waals surface area contributed by atoms with E-state index < -0.39 is 10.0 Å². The summed E-state index contributed by atoms with van der Waals surface area (Å²) in [5, 5.41) is 5.03. The van der Waals surface area contributed by atoms with Crippen molar-refractivity contribution < 1.29 is 13.2 Å². The van der Waals surface area contributed by atoms with Crippen LogP contribution in [0.25, 0.3) is 0 Å². The van der Waals surface area contributed by atoms with Gasteiger partial charge in [-0.25, -0.2) is 13.4 Å². The highest BCUT2D eigenvalue weighted by Crippen LogP contribution is 2.36. The summed E-state index contributed by atoms with van der Waals surface area (Å²) in [7, 11) is -3.79. The molecule has 4 rings (SSSR count). The predicted octanol–water partition coefficient (Wildman–Crippen LogP) is 3.84. The molecule has 1 aromatic heterocycles. The second kappa shape index (κ2) is 7.03. The number of nitrogens with zero attached hydrogens (tertiary/aromatic N) is 2. The zero-order valence-corrected chi connectivity index (χ0v) is 17.0. The van der Waals surface area contributed by atoms with Crippen LogP contribution in [0.15, 0.2) is 58.8 Å². The lowest BCUT2D eigenvalue weighted by molar-refractivity contribution is 0.102. The highest BCUT2D eigenvalue weighted by Gasteiger charge is 2.36. The normalized spacial score (nSPS) is 16.1. The Bertz CT molecular complexity index is 1150. The molecular formula is C20H19N3O3S2. The number of aromatic nitrogens is 1. The summed E-state index contributed by atoms with van der Waals surface area (Å²) in [5.74, 6) is -0.388. The number of nitrogens with one attached hydrogen (secondary N) is 1. The van der Waals surface area contributed by atoms with Crippen molar-refractivity contribution in [3.05, 3.63) is 70.7 Å². The average Bonchev–Trinajstić information content (AvgIpc) is 3.23. The number of amides is 1. The monoisotopic (exact) mass is 413 g/mol. The number of hydrogen-bond acceptors (Lipinski definition) is 5. The van der Waals surface area contributed by atoms with Gasteiger partial charge in [-0.05, 0) is 50.1 Å². The summed E-state index contributed by atoms with van der Waals surface area (Å²) in [5.41, 5.74) is 2.79. The van der Waals surface area contributed by atoms with Crippen LogP contribution in [0.4, 0.5) is 10.8 Å². The maximum Gasteiger partial charge on any atom is 0.264 e. The van der Waals surface area contributed by atoms with Gasteiger partial charge in [0.2, 0.25) is 0 Å². The fraction of sp³-hybridized carbons (Fsp3) is 0.200. The lowest BCUT2D eigenvalue weighted by Crippen LogP contribution is -2.35. The number of anilines is 2. The zero-order chi connectivity index (χ0) is 19.9. The first-order valence-corrected chi connectivity index (χ1v) is 11.1. The molecule has 1 atom stereocenters. The molecular weight excluding hydrogens is 394 g/mol. The Hall–Kier alpha value is -2.71. The van der Waals surface area contributed by atoms with Crippen LogP contribution in [-0.4, -0.2) is 25.4 Å². The van der Waals surface area contributed by atoms with Crippen molar-refractivity contribution in [3.63, 3.8) is 0 Å². The molecule has 3 aromatic rings. The van der Waals surface area contributed by atoms with Crippen molar-refractivity contribution in [2.75, 3.05) is 9.62 Å². The summed E-state index contributed by atoms with van der Waals surface area (Å²) in [4.78, 5) is 16.8. The smallest absolute Gasteiger partial charge is 0.264 e. The minimum Gasteiger partial charge on any atom is -0.298 e. The van der Waals surface area contributed by atoms with Gasteiger partial charge in [0.25, 0.3) is 15.9 Å². The fourth-order valence-corrected chi connectivity index (χ4v) is 5.82. The Morgan fingerprint density at radius 2 is 2.00 bits per heavy atom. The first-order chi connectivity index (χ1) is 13.4. The molecule has 0 radical (unpaired) electrons. The Balaban J connectivity index is 1.66. The van der Waals surface area contributed by atoms with Crippen LogP contribution in [0.2, 0.25) is 0 Å². The van der Waals surface area contributed by atoms with E-state index in [9.17, 15) is 13.2 Å². The van der Waals surface area contributed by atoms with E-state index in [0.717, 1.165) is 11.3 Å². The van der Waals surface area contributed by atoms with Crippen LogP contribution >= 0.6 is 11.3 Å². The number of hydrogen-bond donors (Lipinski definition) is 1. The molecule has 28 heavy (non-hydrogen) atoms. The minimum atomic E-state index is -3.79. The predicted molar refractivity (Wildman–Crippen MR) is 111 cm³/mol. The van der Waals surface area contributed by atoms with Crippen LogP contribution in [0.5, 0.6) is 0 Å². The lowest BCUT2D eigenvalue weighted by Gasteiger charge is -2.24. The fourth-order valence-electron chi connectivity index (χ4n) is 3.40. The van der Waals surface area contributed by atoms with Crippen LogP contribution in [0.3, 0.4) is 0 Å². The van der Waals surface area contributed by atoms with Crippen molar-refractivity contribution in [2.45, 2.75) is 31.2 Å². The maximum atomic E-state index is 13.3. The third-order valence-corrected chi connectivity index (χ3v) is 7.44. The number of rotatable bonds is 4. The van der Waals surface area contributed by atoms with E-state index in [1.807, 2.05) is 43.5 Å². The third-order valence-electron chi connectivity index (χ3n) is 4.64. The zero-order valence-electron chi connectivity index (χ0n) is 15.4. The molecule has 0 fully saturated rings. The molecule has 1 unspecified atom stereocenters. The van der Waals surface area contributed by atoms with Gasteiger partial charge < -0.3 is 0 Å². The quantitative estimate of drug-likeness (QED) is 0.705. The SMILES string of the molecule is Cc1csc(NC(=O)c2cccc(S(=O)(=O)N3c4ccccc4CC3C)c2)n1. The Morgan fingerprint density at radius 1 is 1.21 bits per heavy atom. The molecule has 2 aromatic carbocycles. The number of sulfonamides is 1. The molecule has 1 aliphatic heterocycles. The summed E-state index contributed by atoms with van der Waals surface area (Å²) >= 11 is 1.33. The van der Waals surface area contributed by atoms with Crippen LogP contribution < -0.4 is 9.62 Å². The first kappa shape index (κ1) is 18.6. The van der Waals surface area contributed by atoms with E-state index in [2.05, 4.69) is 10.3 Å². The van der Waals surface area contributed by atoms with Gasteiger partial charge in [0.05, 0.1) is 16.3 Å². The molecule has 144 valence electrons. The summed E-state index contributed by atoms with van der Waals surface area (Å²) < 4.78 is 28.1. The molecule has 0 bridgehead atoms. The average molecular weight is 414 g/mol. The van der Waals surface area contributed by atoms with Gasteiger partial charge in [0, 0.05) is 17.0 Å². The van der Waals surface area contributed by atoms with Crippen molar-refractivity contribution >= 4 is 38.1 Å². The van der Waals surface area contributed by atoms with Gasteiger partial charge >= 0.3 is 0 Å². The number of aryl methyl sites for hydroxylation is 1. The van der Waals surface area contributed by atoms with Gasteiger partial charge in [0.1, 0.15) is 0 Å². The van der Waals surface area contributed by atoms with Crippen LogP contribution in [-0.2, 0) is 16.4 Å². The van der Waals surface area contributed by atoms with E-state index in [4.69, 9.17) is 0 Å². The van der Waals surface area contributed by atoms with Gasteiger partial charge in [-0.3, -0.25) is 14.4 Å². The number of carbonyl (C=O) groups excluding carboxylic acids is 1. The van der Waals surface area contributed by atoms with E-state index in [1.54, 1.807) is 12.1 Å². The van der Waals surface area contributed by atoms with E-state index in [-0.39, 0.29) is 22.4 Å². The summed E-state index contributed by atoms with van der Waals surface area (Å²) in [6, 6.07) is 13.4. The topological polar surface area (TPSA) is 79.4 Å². The highest BCUT2D eigenvalue weighted by atomic mass is 32.2. The lowest BCUT2D eigenvalue weighted by atomic mass is 10.1. The van der Waals surface area contributed by atoms with E-state index in [0.29, 0.717) is 17.2 Å². The van der Waals surface area contributed by atoms with Gasteiger partial charge in [-0.2, -0.15) is 0 Å². The van der Waals surface area contributed by atoms with Crippen molar-refractivity contribution in [1.29, 1.82) is 0 Å². The maximum absolute atomic E-state index is 13.3. The minimum absolute atomic E-state index is 0.0963. The first-order valence-electron chi connectivity index (χ1n) is 8.82. The summed E-state index contributed by atoms with van der Waals surface area (Å²) in [6.45, 7) is 3.73. The molecule has 6 nitrogen and oxygen atoms in total. The van der Waals surface area contributed by atoms with Gasteiger partial charge in [-0.15, -0.1) is 11.3 Å². The third kappa shape index (κ3) is 3.29. The standard InChI is InChI=1S/C20H19N3O3S2/c1-13-12-27-20(21-13)22-19(24)16-7-5-8-17(11-16)28(25,26)23-14(2)10-15-6-3-4-9-18(15)23/h3-9,11-12,14H,10H2,1-2H3,(H,21,22,24). The number of carbonyl (C=O) groups is 1.